The lowest BCUT2D eigenvalue weighted by Crippen LogP contribution is -2.11. The van der Waals surface area contributed by atoms with Crippen LogP contribution in [0, 0.1) is 20.8 Å². The van der Waals surface area contributed by atoms with Gasteiger partial charge in [-0.1, -0.05) is 43.6 Å². The first-order valence-electron chi connectivity index (χ1n) is 11.4. The molecule has 0 aliphatic heterocycles. The summed E-state index contributed by atoms with van der Waals surface area (Å²) < 4.78 is 12.4. The van der Waals surface area contributed by atoms with Crippen molar-refractivity contribution in [1.29, 1.82) is 0 Å². The number of hydrogen-bond donors (Lipinski definition) is 0. The summed E-state index contributed by atoms with van der Waals surface area (Å²) in [6.45, 7) is 14.9. The van der Waals surface area contributed by atoms with Gasteiger partial charge in [0.2, 0.25) is 0 Å². The van der Waals surface area contributed by atoms with E-state index in [2.05, 4.69) is 38.1 Å². The third-order valence-corrected chi connectivity index (χ3v) is 6.30. The average Bonchev–Trinajstić information content (AvgIpc) is 2.75. The van der Waals surface area contributed by atoms with Crippen molar-refractivity contribution < 1.29 is 9.47 Å². The molecule has 0 spiro atoms. The van der Waals surface area contributed by atoms with Crippen LogP contribution in [0.3, 0.4) is 0 Å². The number of ether oxygens (including phenoxy) is 2. The van der Waals surface area contributed by atoms with Crippen LogP contribution in [-0.2, 0) is 19.4 Å². The fourth-order valence-electron chi connectivity index (χ4n) is 4.05. The summed E-state index contributed by atoms with van der Waals surface area (Å²) in [6.07, 6.45) is 1.98. The molecule has 1 aromatic heterocycles. The van der Waals surface area contributed by atoms with E-state index in [1.165, 1.54) is 16.7 Å². The molecule has 0 fully saturated rings. The van der Waals surface area contributed by atoms with Gasteiger partial charge in [0.15, 0.2) is 0 Å². The van der Waals surface area contributed by atoms with Crippen LogP contribution in [0.1, 0.15) is 61.2 Å². The lowest BCUT2D eigenvalue weighted by atomic mass is 9.94. The highest BCUT2D eigenvalue weighted by Crippen LogP contribution is 2.34. The number of pyridine rings is 1. The van der Waals surface area contributed by atoms with Crippen LogP contribution >= 0.6 is 11.6 Å². The molecule has 3 aromatic rings. The Hall–Kier alpha value is -2.52. The third-order valence-electron chi connectivity index (χ3n) is 5.70. The molecule has 0 saturated carbocycles. The van der Waals surface area contributed by atoms with Crippen LogP contribution in [0.4, 0.5) is 0 Å². The standard InChI is InChI=1S/C28H34ClNO2/c1-8-21-11-10-12-22(9-2)27(21)25-15-26(32-17(3)4)24(20(7)30-25)16-31-23-13-18(5)28(29)19(6)14-23/h10-15,17H,8-9,16H2,1-7H3. The molecular formula is C28H34ClNO2. The topological polar surface area (TPSA) is 31.4 Å². The molecule has 0 aliphatic carbocycles. The molecule has 0 bridgehead atoms. The quantitative estimate of drug-likeness (QED) is 0.349. The van der Waals surface area contributed by atoms with Crippen molar-refractivity contribution >= 4 is 11.6 Å². The summed E-state index contributed by atoms with van der Waals surface area (Å²) in [4.78, 5) is 5.01. The first-order chi connectivity index (χ1) is 15.2. The highest BCUT2D eigenvalue weighted by atomic mass is 35.5. The van der Waals surface area contributed by atoms with E-state index in [0.29, 0.717) is 6.61 Å². The molecule has 3 nitrogen and oxygen atoms in total. The molecule has 0 aliphatic rings. The first-order valence-corrected chi connectivity index (χ1v) is 11.8. The van der Waals surface area contributed by atoms with Crippen molar-refractivity contribution in [3.8, 4) is 22.8 Å². The predicted octanol–water partition coefficient (Wildman–Crippen LogP) is 7.82. The molecule has 0 radical (unpaired) electrons. The van der Waals surface area contributed by atoms with Crippen molar-refractivity contribution in [1.82, 2.24) is 4.98 Å². The number of nitrogens with zero attached hydrogens (tertiary/aromatic N) is 1. The Morgan fingerprint density at radius 3 is 2.06 bits per heavy atom. The molecule has 4 heteroatoms. The first kappa shape index (κ1) is 24.1. The Kier molecular flexibility index (Phi) is 7.84. The molecule has 0 saturated heterocycles. The van der Waals surface area contributed by atoms with Crippen LogP contribution in [0.15, 0.2) is 36.4 Å². The van der Waals surface area contributed by atoms with E-state index in [-0.39, 0.29) is 6.10 Å². The second-order valence-corrected chi connectivity index (χ2v) is 8.93. The van der Waals surface area contributed by atoms with E-state index in [1.54, 1.807) is 0 Å². The lowest BCUT2D eigenvalue weighted by molar-refractivity contribution is 0.229. The minimum atomic E-state index is 0.0514. The van der Waals surface area contributed by atoms with Gasteiger partial charge in [-0.3, -0.25) is 4.98 Å². The zero-order valence-electron chi connectivity index (χ0n) is 20.3. The van der Waals surface area contributed by atoms with Gasteiger partial charge in [-0.2, -0.15) is 0 Å². The zero-order chi connectivity index (χ0) is 23.4. The highest BCUT2D eigenvalue weighted by Gasteiger charge is 2.18. The van der Waals surface area contributed by atoms with Crippen molar-refractivity contribution in [2.24, 2.45) is 0 Å². The summed E-state index contributed by atoms with van der Waals surface area (Å²) in [6, 6.07) is 12.5. The highest BCUT2D eigenvalue weighted by molar-refractivity contribution is 6.32. The molecule has 3 rings (SSSR count). The predicted molar refractivity (Wildman–Crippen MR) is 134 cm³/mol. The molecular weight excluding hydrogens is 418 g/mol. The second kappa shape index (κ2) is 10.4. The number of benzene rings is 2. The van der Waals surface area contributed by atoms with E-state index in [9.17, 15) is 0 Å². The van der Waals surface area contributed by atoms with Gasteiger partial charge in [0.1, 0.15) is 18.1 Å². The van der Waals surface area contributed by atoms with Gasteiger partial charge in [0, 0.05) is 22.3 Å². The maximum Gasteiger partial charge on any atom is 0.130 e. The van der Waals surface area contributed by atoms with E-state index >= 15 is 0 Å². The molecule has 0 amide bonds. The number of halogens is 1. The Labute approximate surface area is 197 Å². The van der Waals surface area contributed by atoms with Crippen LogP contribution in [-0.4, -0.2) is 11.1 Å². The Morgan fingerprint density at radius 2 is 1.53 bits per heavy atom. The lowest BCUT2D eigenvalue weighted by Gasteiger charge is -2.20. The maximum atomic E-state index is 6.31. The van der Waals surface area contributed by atoms with E-state index in [4.69, 9.17) is 26.1 Å². The molecule has 32 heavy (non-hydrogen) atoms. The Bertz CT molecular complexity index is 1060. The van der Waals surface area contributed by atoms with Gasteiger partial charge in [-0.25, -0.2) is 0 Å². The third kappa shape index (κ3) is 5.27. The number of hydrogen-bond acceptors (Lipinski definition) is 3. The smallest absolute Gasteiger partial charge is 0.130 e. The van der Waals surface area contributed by atoms with Crippen LogP contribution in [0.25, 0.3) is 11.3 Å². The zero-order valence-corrected chi connectivity index (χ0v) is 21.1. The average molecular weight is 452 g/mol. The van der Waals surface area contributed by atoms with E-state index < -0.39 is 0 Å². The SMILES string of the molecule is CCc1cccc(CC)c1-c1cc(OC(C)C)c(COc2cc(C)c(Cl)c(C)c2)c(C)n1. The molecule has 2 aromatic carbocycles. The summed E-state index contributed by atoms with van der Waals surface area (Å²) in [5.74, 6) is 1.63. The molecule has 0 unspecified atom stereocenters. The fraction of sp³-hybridized carbons (Fsp3) is 0.393. The molecule has 1 heterocycles. The second-order valence-electron chi connectivity index (χ2n) is 8.55. The summed E-state index contributed by atoms with van der Waals surface area (Å²) in [7, 11) is 0. The van der Waals surface area contributed by atoms with Crippen LogP contribution in [0.5, 0.6) is 11.5 Å². The van der Waals surface area contributed by atoms with Gasteiger partial charge >= 0.3 is 0 Å². The van der Waals surface area contributed by atoms with Crippen molar-refractivity contribution in [3.63, 3.8) is 0 Å². The maximum absolute atomic E-state index is 6.31. The number of aryl methyl sites for hydroxylation is 5. The van der Waals surface area contributed by atoms with Crippen LogP contribution in [0.2, 0.25) is 5.02 Å². The van der Waals surface area contributed by atoms with Gasteiger partial charge in [-0.05, 0) is 81.8 Å². The number of aromatic nitrogens is 1. The summed E-state index contributed by atoms with van der Waals surface area (Å²) >= 11 is 6.31. The van der Waals surface area contributed by atoms with E-state index in [0.717, 1.165) is 57.4 Å². The Balaban J connectivity index is 2.04. The van der Waals surface area contributed by atoms with Gasteiger partial charge in [-0.15, -0.1) is 0 Å². The van der Waals surface area contributed by atoms with Gasteiger partial charge < -0.3 is 9.47 Å². The van der Waals surface area contributed by atoms with Crippen molar-refractivity contribution in [2.75, 3.05) is 0 Å². The van der Waals surface area contributed by atoms with E-state index in [1.807, 2.05) is 46.8 Å². The Morgan fingerprint density at radius 1 is 0.938 bits per heavy atom. The minimum absolute atomic E-state index is 0.0514. The molecule has 0 atom stereocenters. The van der Waals surface area contributed by atoms with Gasteiger partial charge in [0.25, 0.3) is 0 Å². The monoisotopic (exact) mass is 451 g/mol. The van der Waals surface area contributed by atoms with Crippen molar-refractivity contribution in [3.05, 3.63) is 74.9 Å². The van der Waals surface area contributed by atoms with Crippen LogP contribution < -0.4 is 9.47 Å². The fourth-order valence-corrected chi connectivity index (χ4v) is 4.16. The van der Waals surface area contributed by atoms with Crippen molar-refractivity contribution in [2.45, 2.75) is 74.0 Å². The normalized spacial score (nSPS) is 11.2. The molecule has 170 valence electrons. The summed E-state index contributed by atoms with van der Waals surface area (Å²) in [5, 5.41) is 0.782. The number of rotatable bonds is 8. The minimum Gasteiger partial charge on any atom is -0.490 e. The largest absolute Gasteiger partial charge is 0.490 e. The van der Waals surface area contributed by atoms with Gasteiger partial charge in [0.05, 0.1) is 17.4 Å². The summed E-state index contributed by atoms with van der Waals surface area (Å²) in [5.41, 5.74) is 8.72. The molecule has 0 N–H and O–H groups in total.